The number of hydrogen-bond acceptors (Lipinski definition) is 5. The van der Waals surface area contributed by atoms with Gasteiger partial charge in [-0.25, -0.2) is 9.48 Å². The van der Waals surface area contributed by atoms with Gasteiger partial charge in [0.1, 0.15) is 0 Å². The van der Waals surface area contributed by atoms with Gasteiger partial charge < -0.3 is 15.5 Å². The molecule has 0 spiro atoms. The fraction of sp³-hybridized carbons (Fsp3) is 0.238. The van der Waals surface area contributed by atoms with Crippen LogP contribution in [0.3, 0.4) is 0 Å². The molecule has 0 atom stereocenters. The second-order valence-electron chi connectivity index (χ2n) is 7.28. The number of aromatic nitrogens is 4. The van der Waals surface area contributed by atoms with Gasteiger partial charge in [-0.3, -0.25) is 9.89 Å². The summed E-state index contributed by atoms with van der Waals surface area (Å²) in [5.74, 6) is 0. The zero-order valence-corrected chi connectivity index (χ0v) is 16.8. The van der Waals surface area contributed by atoms with Crippen LogP contribution in [0.5, 0.6) is 0 Å². The normalized spacial score (nSPS) is 11.3. The van der Waals surface area contributed by atoms with Crippen LogP contribution in [0.15, 0.2) is 53.3 Å². The highest BCUT2D eigenvalue weighted by molar-refractivity contribution is 6.00. The van der Waals surface area contributed by atoms with Gasteiger partial charge in [-0.1, -0.05) is 18.2 Å². The Kier molecular flexibility index (Phi) is 5.44. The first-order valence-corrected chi connectivity index (χ1v) is 9.69. The van der Waals surface area contributed by atoms with Gasteiger partial charge in [-0.2, -0.15) is 0 Å². The molecule has 2 amide bonds. The minimum Gasteiger partial charge on any atom is -0.338 e. The molecular formula is C21H23N7O2. The third-order valence-electron chi connectivity index (χ3n) is 4.75. The Morgan fingerprint density at radius 3 is 2.63 bits per heavy atom. The number of carbonyl (C=O) groups excluding carboxylic acids is 1. The summed E-state index contributed by atoms with van der Waals surface area (Å²) in [5, 5.41) is 17.8. The predicted octanol–water partition coefficient (Wildman–Crippen LogP) is 2.34. The number of amides is 2. The molecule has 0 aliphatic carbocycles. The molecule has 9 nitrogen and oxygen atoms in total. The molecule has 0 bridgehead atoms. The van der Waals surface area contributed by atoms with Gasteiger partial charge in [0.2, 0.25) is 0 Å². The summed E-state index contributed by atoms with van der Waals surface area (Å²) in [4.78, 5) is 26.8. The Bertz CT molecular complexity index is 1240. The number of aromatic amines is 1. The highest BCUT2D eigenvalue weighted by Crippen LogP contribution is 2.19. The Morgan fingerprint density at radius 2 is 1.87 bits per heavy atom. The largest absolute Gasteiger partial charge is 0.338 e. The lowest BCUT2D eigenvalue weighted by atomic mass is 10.2. The number of fused-ring (bicyclic) bond motifs is 3. The van der Waals surface area contributed by atoms with Crippen molar-refractivity contribution in [1.29, 1.82) is 0 Å². The number of urea groups is 1. The smallest absolute Gasteiger partial charge is 0.319 e. The lowest BCUT2D eigenvalue weighted by molar-refractivity contribution is 0.251. The van der Waals surface area contributed by atoms with E-state index in [1.807, 2.05) is 38.4 Å². The first-order valence-electron chi connectivity index (χ1n) is 9.69. The Labute approximate surface area is 172 Å². The molecule has 3 N–H and O–H groups in total. The molecule has 4 aromatic rings. The summed E-state index contributed by atoms with van der Waals surface area (Å²) in [6.07, 6.45) is 0.875. The van der Waals surface area contributed by atoms with Crippen molar-refractivity contribution in [2.24, 2.45) is 0 Å². The molecule has 9 heteroatoms. The van der Waals surface area contributed by atoms with Crippen molar-refractivity contribution in [3.8, 4) is 5.69 Å². The van der Waals surface area contributed by atoms with Crippen LogP contribution in [0.2, 0.25) is 0 Å². The minimum absolute atomic E-state index is 0.258. The Balaban J connectivity index is 1.51. The van der Waals surface area contributed by atoms with Crippen LogP contribution in [0.1, 0.15) is 6.42 Å². The average molecular weight is 405 g/mol. The number of H-pyrrole nitrogens is 1. The summed E-state index contributed by atoms with van der Waals surface area (Å²) < 4.78 is 1.43. The van der Waals surface area contributed by atoms with E-state index in [0.717, 1.165) is 23.9 Å². The van der Waals surface area contributed by atoms with E-state index in [0.29, 0.717) is 23.4 Å². The second-order valence-corrected chi connectivity index (χ2v) is 7.28. The number of nitrogens with zero attached hydrogens (tertiary/aromatic N) is 4. The third-order valence-corrected chi connectivity index (χ3v) is 4.75. The van der Waals surface area contributed by atoms with Crippen LogP contribution in [0.4, 0.5) is 10.5 Å². The molecule has 4 rings (SSSR count). The Hall–Kier alpha value is -3.72. The van der Waals surface area contributed by atoms with Gasteiger partial charge in [0.15, 0.2) is 5.52 Å². The quantitative estimate of drug-likeness (QED) is 0.427. The molecular weight excluding hydrogens is 382 g/mol. The van der Waals surface area contributed by atoms with E-state index in [2.05, 4.69) is 30.8 Å². The lowest BCUT2D eigenvalue weighted by Crippen LogP contribution is -2.31. The van der Waals surface area contributed by atoms with Gasteiger partial charge in [0.05, 0.1) is 16.7 Å². The summed E-state index contributed by atoms with van der Waals surface area (Å²) >= 11 is 0. The lowest BCUT2D eigenvalue weighted by Gasteiger charge is -2.11. The fourth-order valence-corrected chi connectivity index (χ4v) is 3.23. The average Bonchev–Trinajstić information content (AvgIpc) is 3.09. The van der Waals surface area contributed by atoms with Crippen molar-refractivity contribution < 1.29 is 4.79 Å². The van der Waals surface area contributed by atoms with Crippen molar-refractivity contribution in [3.05, 3.63) is 58.9 Å². The van der Waals surface area contributed by atoms with E-state index < -0.39 is 0 Å². The van der Waals surface area contributed by atoms with Gasteiger partial charge in [0.25, 0.3) is 5.56 Å². The highest BCUT2D eigenvalue weighted by atomic mass is 16.2. The molecule has 0 unspecified atom stereocenters. The Morgan fingerprint density at radius 1 is 1.10 bits per heavy atom. The van der Waals surface area contributed by atoms with Gasteiger partial charge >= 0.3 is 6.03 Å². The van der Waals surface area contributed by atoms with Crippen LogP contribution in [0, 0.1) is 0 Å². The summed E-state index contributed by atoms with van der Waals surface area (Å²) in [6.45, 7) is 1.51. The molecule has 2 aromatic carbocycles. The number of hydrogen-bond donors (Lipinski definition) is 3. The standard InChI is InChI=1S/C21H23N7O2/c1-27(2)13-5-12-22-21(30)23-14-8-10-15(11-9-14)28-20(29)19-18(26-28)16-6-3-4-7-17(16)24-25-19/h3-4,6-11,26H,5,12-13H2,1-2H3,(H2,22,23,30). The molecule has 0 radical (unpaired) electrons. The minimum atomic E-state index is -0.275. The van der Waals surface area contributed by atoms with Crippen molar-refractivity contribution in [3.63, 3.8) is 0 Å². The zero-order chi connectivity index (χ0) is 21.1. The zero-order valence-electron chi connectivity index (χ0n) is 16.8. The molecule has 0 saturated heterocycles. The molecule has 0 aliphatic heterocycles. The molecule has 2 aromatic heterocycles. The van der Waals surface area contributed by atoms with Crippen LogP contribution in [-0.4, -0.2) is 58.1 Å². The summed E-state index contributed by atoms with van der Waals surface area (Å²) in [6, 6.07) is 14.3. The number of benzene rings is 2. The number of anilines is 1. The maximum absolute atomic E-state index is 12.8. The highest BCUT2D eigenvalue weighted by Gasteiger charge is 2.13. The monoisotopic (exact) mass is 405 g/mol. The van der Waals surface area contributed by atoms with Crippen LogP contribution in [0.25, 0.3) is 27.6 Å². The van der Waals surface area contributed by atoms with E-state index in [-0.39, 0.29) is 17.1 Å². The van der Waals surface area contributed by atoms with Crippen molar-refractivity contribution in [1.82, 2.24) is 30.2 Å². The molecule has 2 heterocycles. The number of carbonyl (C=O) groups is 1. The van der Waals surface area contributed by atoms with Crippen LogP contribution < -0.4 is 16.2 Å². The van der Waals surface area contributed by atoms with Crippen LogP contribution >= 0.6 is 0 Å². The van der Waals surface area contributed by atoms with Crippen molar-refractivity contribution >= 4 is 33.7 Å². The van der Waals surface area contributed by atoms with E-state index in [1.54, 1.807) is 24.3 Å². The maximum Gasteiger partial charge on any atom is 0.319 e. The number of rotatable bonds is 6. The molecule has 0 aliphatic rings. The van der Waals surface area contributed by atoms with E-state index >= 15 is 0 Å². The van der Waals surface area contributed by atoms with E-state index in [9.17, 15) is 9.59 Å². The van der Waals surface area contributed by atoms with Gasteiger partial charge in [0, 0.05) is 17.6 Å². The summed E-state index contributed by atoms with van der Waals surface area (Å²) in [7, 11) is 3.99. The first-order chi connectivity index (χ1) is 14.5. The first kappa shape index (κ1) is 19.6. The van der Waals surface area contributed by atoms with Crippen LogP contribution in [-0.2, 0) is 0 Å². The van der Waals surface area contributed by atoms with E-state index in [1.165, 1.54) is 4.68 Å². The van der Waals surface area contributed by atoms with Gasteiger partial charge in [-0.15, -0.1) is 10.2 Å². The van der Waals surface area contributed by atoms with Crippen molar-refractivity contribution in [2.45, 2.75) is 6.42 Å². The molecule has 30 heavy (non-hydrogen) atoms. The fourth-order valence-electron chi connectivity index (χ4n) is 3.23. The summed E-state index contributed by atoms with van der Waals surface area (Å²) in [5.41, 5.74) is 2.65. The topological polar surface area (TPSA) is 108 Å². The van der Waals surface area contributed by atoms with Crippen molar-refractivity contribution in [2.75, 3.05) is 32.5 Å². The van der Waals surface area contributed by atoms with E-state index in [4.69, 9.17) is 0 Å². The van der Waals surface area contributed by atoms with Gasteiger partial charge in [-0.05, 0) is 57.4 Å². The predicted molar refractivity (Wildman–Crippen MR) is 117 cm³/mol. The molecule has 0 saturated carbocycles. The second kappa shape index (κ2) is 8.34. The molecule has 0 fully saturated rings. The molecule has 154 valence electrons. The SMILES string of the molecule is CN(C)CCCNC(=O)Nc1ccc(-n2[nH]c3c(nnc4ccccc43)c2=O)cc1. The third kappa shape index (κ3) is 4.01. The number of nitrogens with one attached hydrogen (secondary N) is 3. The maximum atomic E-state index is 12.8.